The maximum Gasteiger partial charge on any atom is 0.282 e. The quantitative estimate of drug-likeness (QED) is 0.241. The second kappa shape index (κ2) is 15.8. The van der Waals surface area contributed by atoms with Gasteiger partial charge < -0.3 is 14.2 Å². The van der Waals surface area contributed by atoms with Gasteiger partial charge in [-0.15, -0.1) is 0 Å². The second-order valence-corrected chi connectivity index (χ2v) is 5.91. The number of ether oxygens (including phenoxy) is 3. The van der Waals surface area contributed by atoms with Gasteiger partial charge in [-0.2, -0.15) is 0 Å². The summed E-state index contributed by atoms with van der Waals surface area (Å²) in [5.74, 6) is -0.807. The summed E-state index contributed by atoms with van der Waals surface area (Å²) in [6, 6.07) is 0. The lowest BCUT2D eigenvalue weighted by molar-refractivity contribution is -0.380. The molecule has 134 valence electrons. The van der Waals surface area contributed by atoms with Crippen LogP contribution in [0.2, 0.25) is 0 Å². The standard InChI is InChI=1S/C19H40O3/c1-5-9-10-11-12-13-14-15-16-17-18-19(20-6-2,21-7-3)22-8-4/h5-18H2,1-4H3. The Morgan fingerprint density at radius 3 is 1.23 bits per heavy atom. The summed E-state index contributed by atoms with van der Waals surface area (Å²) in [5, 5.41) is 0. The topological polar surface area (TPSA) is 27.7 Å². The molecule has 0 amide bonds. The van der Waals surface area contributed by atoms with E-state index in [0.717, 1.165) is 12.8 Å². The molecule has 0 aromatic heterocycles. The molecule has 3 heteroatoms. The minimum Gasteiger partial charge on any atom is -0.328 e. The van der Waals surface area contributed by atoms with Crippen molar-refractivity contribution >= 4 is 0 Å². The van der Waals surface area contributed by atoms with Crippen molar-refractivity contribution in [3.8, 4) is 0 Å². The van der Waals surface area contributed by atoms with Crippen molar-refractivity contribution < 1.29 is 14.2 Å². The fourth-order valence-electron chi connectivity index (χ4n) is 2.83. The number of hydrogen-bond donors (Lipinski definition) is 0. The zero-order valence-electron chi connectivity index (χ0n) is 15.6. The lowest BCUT2D eigenvalue weighted by Gasteiger charge is -2.32. The van der Waals surface area contributed by atoms with E-state index in [0.29, 0.717) is 19.8 Å². The lowest BCUT2D eigenvalue weighted by Crippen LogP contribution is -2.39. The van der Waals surface area contributed by atoms with E-state index in [4.69, 9.17) is 14.2 Å². The van der Waals surface area contributed by atoms with E-state index in [-0.39, 0.29) is 0 Å². The third-order valence-corrected chi connectivity index (χ3v) is 3.93. The average Bonchev–Trinajstić information content (AvgIpc) is 2.50. The van der Waals surface area contributed by atoms with Gasteiger partial charge in [-0.3, -0.25) is 0 Å². The molecule has 0 spiro atoms. The zero-order chi connectivity index (χ0) is 16.5. The molecule has 0 aliphatic heterocycles. The summed E-state index contributed by atoms with van der Waals surface area (Å²) in [7, 11) is 0. The van der Waals surface area contributed by atoms with Crippen LogP contribution in [0, 0.1) is 0 Å². The van der Waals surface area contributed by atoms with E-state index in [9.17, 15) is 0 Å². The highest BCUT2D eigenvalue weighted by molar-refractivity contribution is 4.59. The van der Waals surface area contributed by atoms with Crippen LogP contribution in [0.4, 0.5) is 0 Å². The first-order chi connectivity index (χ1) is 10.7. The van der Waals surface area contributed by atoms with E-state index in [1.165, 1.54) is 57.8 Å². The Morgan fingerprint density at radius 2 is 0.864 bits per heavy atom. The summed E-state index contributed by atoms with van der Waals surface area (Å²) in [6.07, 6.45) is 14.2. The van der Waals surface area contributed by atoms with E-state index in [2.05, 4.69) is 6.92 Å². The Morgan fingerprint density at radius 1 is 0.500 bits per heavy atom. The highest BCUT2D eigenvalue weighted by Gasteiger charge is 2.31. The van der Waals surface area contributed by atoms with Gasteiger partial charge in [0.25, 0.3) is 5.97 Å². The molecule has 0 saturated heterocycles. The molecule has 0 aromatic carbocycles. The summed E-state index contributed by atoms with van der Waals surface area (Å²) in [6.45, 7) is 10.1. The van der Waals surface area contributed by atoms with Gasteiger partial charge in [-0.1, -0.05) is 64.7 Å². The summed E-state index contributed by atoms with van der Waals surface area (Å²) >= 11 is 0. The minimum atomic E-state index is -0.807. The molecule has 0 rings (SSSR count). The molecule has 0 aliphatic carbocycles. The molecule has 0 atom stereocenters. The van der Waals surface area contributed by atoms with Crippen molar-refractivity contribution in [1.82, 2.24) is 0 Å². The van der Waals surface area contributed by atoms with E-state index in [1.807, 2.05) is 20.8 Å². The highest BCUT2D eigenvalue weighted by Crippen LogP contribution is 2.24. The number of hydrogen-bond acceptors (Lipinski definition) is 3. The molecular weight excluding hydrogens is 276 g/mol. The minimum absolute atomic E-state index is 0.623. The first-order valence-electron chi connectivity index (χ1n) is 9.66. The van der Waals surface area contributed by atoms with Gasteiger partial charge in [0, 0.05) is 26.2 Å². The monoisotopic (exact) mass is 316 g/mol. The normalized spacial score (nSPS) is 12.0. The van der Waals surface area contributed by atoms with Crippen LogP contribution in [-0.4, -0.2) is 25.8 Å². The predicted octanol–water partition coefficient (Wildman–Crippen LogP) is 6.06. The second-order valence-electron chi connectivity index (χ2n) is 5.91. The van der Waals surface area contributed by atoms with Gasteiger partial charge in [-0.25, -0.2) is 0 Å². The maximum absolute atomic E-state index is 5.75. The Hall–Kier alpha value is -0.120. The first-order valence-corrected chi connectivity index (χ1v) is 9.66. The average molecular weight is 317 g/mol. The van der Waals surface area contributed by atoms with E-state index in [1.54, 1.807) is 0 Å². The van der Waals surface area contributed by atoms with Gasteiger partial charge >= 0.3 is 0 Å². The Labute approximate surface area is 139 Å². The zero-order valence-corrected chi connectivity index (χ0v) is 15.6. The largest absolute Gasteiger partial charge is 0.328 e. The molecule has 0 heterocycles. The lowest BCUT2D eigenvalue weighted by atomic mass is 10.1. The van der Waals surface area contributed by atoms with Crippen LogP contribution >= 0.6 is 0 Å². The molecule has 0 aliphatic rings. The molecule has 0 N–H and O–H groups in total. The Bertz CT molecular complexity index is 202. The fraction of sp³-hybridized carbons (Fsp3) is 1.00. The SMILES string of the molecule is CCCCCCCCCCCCC(OCC)(OCC)OCC. The van der Waals surface area contributed by atoms with Crippen LogP contribution in [0.1, 0.15) is 98.3 Å². The van der Waals surface area contributed by atoms with E-state index < -0.39 is 5.97 Å². The summed E-state index contributed by atoms with van der Waals surface area (Å²) in [5.41, 5.74) is 0. The molecular formula is C19H40O3. The van der Waals surface area contributed by atoms with Crippen molar-refractivity contribution in [2.24, 2.45) is 0 Å². The summed E-state index contributed by atoms with van der Waals surface area (Å²) in [4.78, 5) is 0. The smallest absolute Gasteiger partial charge is 0.282 e. The van der Waals surface area contributed by atoms with Crippen molar-refractivity contribution in [2.75, 3.05) is 19.8 Å². The molecule has 3 nitrogen and oxygen atoms in total. The van der Waals surface area contributed by atoms with Gasteiger partial charge in [0.2, 0.25) is 0 Å². The number of unbranched alkanes of at least 4 members (excludes halogenated alkanes) is 9. The fourth-order valence-corrected chi connectivity index (χ4v) is 2.83. The molecule has 22 heavy (non-hydrogen) atoms. The molecule has 0 aromatic rings. The third-order valence-electron chi connectivity index (χ3n) is 3.93. The van der Waals surface area contributed by atoms with Crippen molar-refractivity contribution in [3.05, 3.63) is 0 Å². The molecule has 0 bridgehead atoms. The van der Waals surface area contributed by atoms with Gasteiger partial charge in [0.1, 0.15) is 0 Å². The van der Waals surface area contributed by atoms with Crippen molar-refractivity contribution in [2.45, 2.75) is 104 Å². The van der Waals surface area contributed by atoms with Gasteiger partial charge in [-0.05, 0) is 27.2 Å². The first kappa shape index (κ1) is 21.9. The molecule has 0 fully saturated rings. The van der Waals surface area contributed by atoms with Crippen molar-refractivity contribution in [3.63, 3.8) is 0 Å². The molecule has 0 radical (unpaired) electrons. The van der Waals surface area contributed by atoms with Gasteiger partial charge in [0.05, 0.1) is 0 Å². The van der Waals surface area contributed by atoms with Crippen LogP contribution in [-0.2, 0) is 14.2 Å². The van der Waals surface area contributed by atoms with Crippen LogP contribution < -0.4 is 0 Å². The van der Waals surface area contributed by atoms with E-state index >= 15 is 0 Å². The van der Waals surface area contributed by atoms with Gasteiger partial charge in [0.15, 0.2) is 0 Å². The van der Waals surface area contributed by atoms with Crippen LogP contribution in [0.15, 0.2) is 0 Å². The number of rotatable bonds is 17. The Kier molecular flexibility index (Phi) is 15.7. The van der Waals surface area contributed by atoms with Crippen LogP contribution in [0.3, 0.4) is 0 Å². The molecule has 0 saturated carbocycles. The summed E-state index contributed by atoms with van der Waals surface area (Å²) < 4.78 is 17.2. The van der Waals surface area contributed by atoms with Crippen LogP contribution in [0.5, 0.6) is 0 Å². The third kappa shape index (κ3) is 11.4. The predicted molar refractivity (Wildman–Crippen MR) is 94.1 cm³/mol. The Balaban J connectivity index is 3.70. The highest BCUT2D eigenvalue weighted by atomic mass is 16.9. The maximum atomic E-state index is 5.75. The van der Waals surface area contributed by atoms with Crippen LogP contribution in [0.25, 0.3) is 0 Å². The molecule has 0 unspecified atom stereocenters. The van der Waals surface area contributed by atoms with Crippen molar-refractivity contribution in [1.29, 1.82) is 0 Å².